The number of anilines is 2. The van der Waals surface area contributed by atoms with Gasteiger partial charge in [0.05, 0.1) is 5.56 Å². The molecule has 0 atom stereocenters. The van der Waals surface area contributed by atoms with E-state index in [2.05, 4.69) is 15.2 Å². The predicted octanol–water partition coefficient (Wildman–Crippen LogP) is 3.95. The third kappa shape index (κ3) is 3.67. The third-order valence-electron chi connectivity index (χ3n) is 3.90. The van der Waals surface area contributed by atoms with Gasteiger partial charge in [0.25, 0.3) is 5.91 Å². The lowest BCUT2D eigenvalue weighted by molar-refractivity contribution is -0.137. The fraction of sp³-hybridized carbons (Fsp3) is 0.294. The Bertz CT molecular complexity index is 740. The van der Waals surface area contributed by atoms with Gasteiger partial charge in [-0.3, -0.25) is 9.78 Å². The van der Waals surface area contributed by atoms with Crippen molar-refractivity contribution in [1.29, 1.82) is 0 Å². The summed E-state index contributed by atoms with van der Waals surface area (Å²) in [4.78, 5) is 18.4. The molecule has 4 nitrogen and oxygen atoms in total. The number of rotatable bonds is 3. The van der Waals surface area contributed by atoms with Gasteiger partial charge in [-0.15, -0.1) is 0 Å². The molecule has 126 valence electrons. The lowest BCUT2D eigenvalue weighted by atomic mass is 10.2. The first-order chi connectivity index (χ1) is 11.4. The van der Waals surface area contributed by atoms with Crippen LogP contribution in [0.25, 0.3) is 0 Å². The van der Waals surface area contributed by atoms with Crippen LogP contribution in [0.3, 0.4) is 0 Å². The van der Waals surface area contributed by atoms with E-state index in [1.807, 2.05) is 6.07 Å². The van der Waals surface area contributed by atoms with Gasteiger partial charge in [0.1, 0.15) is 5.69 Å². The molecule has 1 aliphatic rings. The summed E-state index contributed by atoms with van der Waals surface area (Å²) in [5, 5.41) is 2.47. The van der Waals surface area contributed by atoms with Crippen molar-refractivity contribution in [2.45, 2.75) is 19.0 Å². The van der Waals surface area contributed by atoms with Crippen LogP contribution in [0.4, 0.5) is 24.5 Å². The van der Waals surface area contributed by atoms with Crippen LogP contribution in [0.1, 0.15) is 28.9 Å². The molecule has 1 fully saturated rings. The molecular weight excluding hydrogens is 319 g/mol. The molecule has 0 spiro atoms. The Morgan fingerprint density at radius 2 is 1.88 bits per heavy atom. The number of amides is 1. The van der Waals surface area contributed by atoms with Crippen molar-refractivity contribution in [2.24, 2.45) is 0 Å². The van der Waals surface area contributed by atoms with Crippen molar-refractivity contribution in [1.82, 2.24) is 4.98 Å². The van der Waals surface area contributed by atoms with Gasteiger partial charge in [0.2, 0.25) is 0 Å². The highest BCUT2D eigenvalue weighted by Crippen LogP contribution is 2.30. The van der Waals surface area contributed by atoms with E-state index in [4.69, 9.17) is 0 Å². The second-order valence-electron chi connectivity index (χ2n) is 5.63. The van der Waals surface area contributed by atoms with Crippen molar-refractivity contribution in [3.05, 3.63) is 53.9 Å². The number of carbonyl (C=O) groups is 1. The van der Waals surface area contributed by atoms with E-state index >= 15 is 0 Å². The molecule has 2 aromatic rings. The monoisotopic (exact) mass is 335 g/mol. The first kappa shape index (κ1) is 16.3. The van der Waals surface area contributed by atoms with Crippen molar-refractivity contribution >= 4 is 17.3 Å². The summed E-state index contributed by atoms with van der Waals surface area (Å²) in [6, 6.07) is 8.02. The molecule has 2 heterocycles. The van der Waals surface area contributed by atoms with E-state index in [1.165, 1.54) is 18.3 Å². The zero-order valence-electron chi connectivity index (χ0n) is 12.8. The van der Waals surface area contributed by atoms with E-state index in [9.17, 15) is 18.0 Å². The molecule has 24 heavy (non-hydrogen) atoms. The van der Waals surface area contributed by atoms with Crippen LogP contribution < -0.4 is 10.2 Å². The maximum Gasteiger partial charge on any atom is 0.416 e. The molecule has 1 aromatic heterocycles. The van der Waals surface area contributed by atoms with Crippen LogP contribution in [0.15, 0.2) is 42.6 Å². The summed E-state index contributed by atoms with van der Waals surface area (Å²) in [6.07, 6.45) is -0.703. The summed E-state index contributed by atoms with van der Waals surface area (Å²) >= 11 is 0. The van der Waals surface area contributed by atoms with Crippen LogP contribution in [-0.2, 0) is 6.18 Å². The number of benzene rings is 1. The topological polar surface area (TPSA) is 45.2 Å². The number of pyridine rings is 1. The molecule has 1 N–H and O–H groups in total. The number of hydrogen-bond acceptors (Lipinski definition) is 3. The number of nitrogens with one attached hydrogen (secondary N) is 1. The van der Waals surface area contributed by atoms with Gasteiger partial charge in [-0.25, -0.2) is 0 Å². The molecule has 0 aliphatic carbocycles. The molecule has 0 unspecified atom stereocenters. The Labute approximate surface area is 137 Å². The number of hydrogen-bond donors (Lipinski definition) is 1. The lowest BCUT2D eigenvalue weighted by Crippen LogP contribution is -2.19. The first-order valence-electron chi connectivity index (χ1n) is 7.63. The highest BCUT2D eigenvalue weighted by molar-refractivity contribution is 6.03. The molecule has 0 bridgehead atoms. The Morgan fingerprint density at radius 1 is 1.12 bits per heavy atom. The molecule has 0 saturated carbocycles. The highest BCUT2D eigenvalue weighted by atomic mass is 19.4. The standard InChI is InChI=1S/C17H16F3N3O/c18-17(19,20)12-4-3-5-13(10-12)22-16(24)15-11-14(6-7-21-15)23-8-1-2-9-23/h3-7,10-11H,1-2,8-9H2,(H,22,24). The number of aromatic nitrogens is 1. The molecule has 1 amide bonds. The Morgan fingerprint density at radius 3 is 2.58 bits per heavy atom. The van der Waals surface area contributed by atoms with Gasteiger partial charge in [-0.2, -0.15) is 13.2 Å². The quantitative estimate of drug-likeness (QED) is 0.924. The first-order valence-corrected chi connectivity index (χ1v) is 7.63. The van der Waals surface area contributed by atoms with Gasteiger partial charge in [-0.05, 0) is 43.2 Å². The summed E-state index contributed by atoms with van der Waals surface area (Å²) in [5.74, 6) is -0.532. The SMILES string of the molecule is O=C(Nc1cccc(C(F)(F)F)c1)c1cc(N2CCCC2)ccn1. The van der Waals surface area contributed by atoms with Crippen LogP contribution in [-0.4, -0.2) is 24.0 Å². The van der Waals surface area contributed by atoms with E-state index in [0.29, 0.717) is 0 Å². The molecule has 1 aliphatic heterocycles. The maximum atomic E-state index is 12.7. The third-order valence-corrected chi connectivity index (χ3v) is 3.90. The minimum absolute atomic E-state index is 0.0863. The van der Waals surface area contributed by atoms with Crippen molar-refractivity contribution < 1.29 is 18.0 Å². The average Bonchev–Trinajstić information content (AvgIpc) is 3.09. The molecule has 0 radical (unpaired) electrons. The molecule has 1 saturated heterocycles. The zero-order valence-corrected chi connectivity index (χ0v) is 12.8. The molecule has 7 heteroatoms. The smallest absolute Gasteiger partial charge is 0.371 e. The van der Waals surface area contributed by atoms with Crippen molar-refractivity contribution in [3.8, 4) is 0 Å². The Hall–Kier alpha value is -2.57. The Balaban J connectivity index is 1.76. The minimum atomic E-state index is -4.45. The zero-order chi connectivity index (χ0) is 17.2. The average molecular weight is 335 g/mol. The summed E-state index contributed by atoms with van der Waals surface area (Å²) in [7, 11) is 0. The van der Waals surface area contributed by atoms with Crippen LogP contribution >= 0.6 is 0 Å². The van der Waals surface area contributed by atoms with E-state index < -0.39 is 17.6 Å². The normalized spacial score (nSPS) is 14.7. The number of alkyl halides is 3. The second kappa shape index (κ2) is 6.51. The highest BCUT2D eigenvalue weighted by Gasteiger charge is 2.30. The maximum absolute atomic E-state index is 12.7. The number of carbonyl (C=O) groups excluding carboxylic acids is 1. The molecule has 1 aromatic carbocycles. The Kier molecular flexibility index (Phi) is 4.42. The van der Waals surface area contributed by atoms with Crippen molar-refractivity contribution in [3.63, 3.8) is 0 Å². The van der Waals surface area contributed by atoms with Gasteiger partial charge in [0, 0.05) is 30.7 Å². The largest absolute Gasteiger partial charge is 0.416 e. The van der Waals surface area contributed by atoms with Gasteiger partial charge in [-0.1, -0.05) is 6.07 Å². The van der Waals surface area contributed by atoms with E-state index in [0.717, 1.165) is 43.8 Å². The van der Waals surface area contributed by atoms with Gasteiger partial charge < -0.3 is 10.2 Å². The number of nitrogens with zero attached hydrogens (tertiary/aromatic N) is 2. The number of halogens is 3. The van der Waals surface area contributed by atoms with Gasteiger partial charge >= 0.3 is 6.18 Å². The molecular formula is C17H16F3N3O. The lowest BCUT2D eigenvalue weighted by Gasteiger charge is -2.17. The van der Waals surface area contributed by atoms with Crippen LogP contribution in [0.5, 0.6) is 0 Å². The van der Waals surface area contributed by atoms with E-state index in [-0.39, 0.29) is 11.4 Å². The van der Waals surface area contributed by atoms with Crippen LogP contribution in [0.2, 0.25) is 0 Å². The molecule has 3 rings (SSSR count). The fourth-order valence-electron chi connectivity index (χ4n) is 2.68. The van der Waals surface area contributed by atoms with Gasteiger partial charge in [0.15, 0.2) is 0 Å². The van der Waals surface area contributed by atoms with E-state index in [1.54, 1.807) is 6.07 Å². The summed E-state index contributed by atoms with van der Waals surface area (Å²) in [6.45, 7) is 1.86. The summed E-state index contributed by atoms with van der Waals surface area (Å²) < 4.78 is 38.2. The second-order valence-corrected chi connectivity index (χ2v) is 5.63. The fourth-order valence-corrected chi connectivity index (χ4v) is 2.68. The summed E-state index contributed by atoms with van der Waals surface area (Å²) in [5.41, 5.74) is 0.357. The van der Waals surface area contributed by atoms with Crippen molar-refractivity contribution in [2.75, 3.05) is 23.3 Å². The minimum Gasteiger partial charge on any atom is -0.371 e. The predicted molar refractivity (Wildman–Crippen MR) is 85.1 cm³/mol. The van der Waals surface area contributed by atoms with Crippen LogP contribution in [0, 0.1) is 0 Å².